The van der Waals surface area contributed by atoms with E-state index in [0.29, 0.717) is 6.61 Å². The second-order valence-corrected chi connectivity index (χ2v) is 5.45. The van der Waals surface area contributed by atoms with Crippen molar-refractivity contribution in [1.82, 2.24) is 5.48 Å². The average Bonchev–Trinajstić information content (AvgIpc) is 2.60. The molecule has 0 spiro atoms. The van der Waals surface area contributed by atoms with Crippen LogP contribution >= 0.6 is 0 Å². The summed E-state index contributed by atoms with van der Waals surface area (Å²) >= 11 is 0. The third-order valence-corrected chi connectivity index (χ3v) is 3.63. The van der Waals surface area contributed by atoms with Gasteiger partial charge in [-0.05, 0) is 41.7 Å². The lowest BCUT2D eigenvalue weighted by molar-refractivity contribution is -0.132. The van der Waals surface area contributed by atoms with Gasteiger partial charge in [-0.15, -0.1) is 0 Å². The first-order valence-electron chi connectivity index (χ1n) is 7.79. The molecule has 24 heavy (non-hydrogen) atoms. The Hall–Kier alpha value is -2.53. The predicted molar refractivity (Wildman–Crippen MR) is 92.0 cm³/mol. The first-order valence-corrected chi connectivity index (χ1v) is 7.79. The minimum absolute atomic E-state index is 0.207. The zero-order chi connectivity index (χ0) is 17.4. The van der Waals surface area contributed by atoms with Crippen molar-refractivity contribution < 1.29 is 19.1 Å². The Morgan fingerprint density at radius 1 is 0.875 bits per heavy atom. The van der Waals surface area contributed by atoms with Crippen molar-refractivity contribution in [2.45, 2.75) is 26.4 Å². The van der Waals surface area contributed by atoms with Crippen LogP contribution in [0.1, 0.15) is 23.6 Å². The number of benzene rings is 2. The Morgan fingerprint density at radius 2 is 1.46 bits per heavy atom. The van der Waals surface area contributed by atoms with Crippen LogP contribution in [0.25, 0.3) is 0 Å². The van der Waals surface area contributed by atoms with Crippen LogP contribution in [0, 0.1) is 0 Å². The van der Waals surface area contributed by atoms with E-state index >= 15 is 0 Å². The van der Waals surface area contributed by atoms with Crippen molar-refractivity contribution in [3.8, 4) is 11.5 Å². The highest BCUT2D eigenvalue weighted by Gasteiger charge is 2.05. The standard InChI is InChI=1S/C19H23NO4/c1-14(21)20-24-13-17-8-5-15(6-9-17)4-7-16-10-11-18(22-2)19(12-16)23-3/h5-6,8-12H,4,7,13H2,1-3H3,(H,20,21). The molecule has 0 saturated carbocycles. The summed E-state index contributed by atoms with van der Waals surface area (Å²) in [6.45, 7) is 1.77. The van der Waals surface area contributed by atoms with E-state index in [-0.39, 0.29) is 5.91 Å². The monoisotopic (exact) mass is 329 g/mol. The number of carbonyl (C=O) groups excluding carboxylic acids is 1. The van der Waals surface area contributed by atoms with E-state index in [1.54, 1.807) is 14.2 Å². The first-order chi connectivity index (χ1) is 11.6. The molecule has 2 rings (SSSR count). The first kappa shape index (κ1) is 17.8. The van der Waals surface area contributed by atoms with Gasteiger partial charge in [-0.2, -0.15) is 0 Å². The van der Waals surface area contributed by atoms with Gasteiger partial charge in [0.15, 0.2) is 11.5 Å². The van der Waals surface area contributed by atoms with Gasteiger partial charge in [-0.1, -0.05) is 30.3 Å². The molecule has 1 N–H and O–H groups in total. The molecule has 2 aromatic carbocycles. The Bertz CT molecular complexity index is 668. The average molecular weight is 329 g/mol. The number of ether oxygens (including phenoxy) is 2. The van der Waals surface area contributed by atoms with E-state index in [0.717, 1.165) is 29.9 Å². The number of methoxy groups -OCH3 is 2. The zero-order valence-electron chi connectivity index (χ0n) is 14.3. The maximum atomic E-state index is 10.7. The molecule has 0 atom stereocenters. The van der Waals surface area contributed by atoms with Crippen LogP contribution in [0.5, 0.6) is 11.5 Å². The molecular formula is C19H23NO4. The predicted octanol–water partition coefficient (Wildman–Crippen LogP) is 3.06. The maximum absolute atomic E-state index is 10.7. The van der Waals surface area contributed by atoms with Crippen LogP contribution in [0.2, 0.25) is 0 Å². The molecular weight excluding hydrogens is 306 g/mol. The zero-order valence-corrected chi connectivity index (χ0v) is 14.3. The molecule has 0 aliphatic rings. The molecule has 5 nitrogen and oxygen atoms in total. The van der Waals surface area contributed by atoms with E-state index in [4.69, 9.17) is 14.3 Å². The lowest BCUT2D eigenvalue weighted by Crippen LogP contribution is -2.19. The minimum atomic E-state index is -0.207. The SMILES string of the molecule is COc1ccc(CCc2ccc(CONC(C)=O)cc2)cc1OC. The highest BCUT2D eigenvalue weighted by molar-refractivity contribution is 5.71. The molecule has 0 saturated heterocycles. The van der Waals surface area contributed by atoms with Crippen LogP contribution in [-0.4, -0.2) is 20.1 Å². The van der Waals surface area contributed by atoms with Gasteiger partial charge in [-0.3, -0.25) is 9.63 Å². The Labute approximate surface area is 142 Å². The van der Waals surface area contributed by atoms with Crippen LogP contribution in [-0.2, 0) is 29.1 Å². The fraction of sp³-hybridized carbons (Fsp3) is 0.316. The molecule has 0 aliphatic carbocycles. The van der Waals surface area contributed by atoms with Crippen LogP contribution in [0.15, 0.2) is 42.5 Å². The summed E-state index contributed by atoms with van der Waals surface area (Å²) in [4.78, 5) is 15.8. The van der Waals surface area contributed by atoms with E-state index in [2.05, 4.69) is 23.7 Å². The molecule has 0 bridgehead atoms. The van der Waals surface area contributed by atoms with Crippen molar-refractivity contribution in [2.75, 3.05) is 14.2 Å². The molecule has 0 aliphatic heterocycles. The van der Waals surface area contributed by atoms with Gasteiger partial charge in [0.25, 0.3) is 0 Å². The van der Waals surface area contributed by atoms with Gasteiger partial charge in [0.1, 0.15) is 0 Å². The second kappa shape index (κ2) is 8.93. The summed E-state index contributed by atoms with van der Waals surface area (Å²) in [6.07, 6.45) is 1.85. The van der Waals surface area contributed by atoms with Gasteiger partial charge < -0.3 is 9.47 Å². The Morgan fingerprint density at radius 3 is 2.08 bits per heavy atom. The second-order valence-electron chi connectivity index (χ2n) is 5.45. The summed E-state index contributed by atoms with van der Waals surface area (Å²) in [6, 6.07) is 14.2. The lowest BCUT2D eigenvalue weighted by Gasteiger charge is -2.10. The van der Waals surface area contributed by atoms with Crippen LogP contribution in [0.4, 0.5) is 0 Å². The van der Waals surface area contributed by atoms with Crippen molar-refractivity contribution >= 4 is 5.91 Å². The van der Waals surface area contributed by atoms with Crippen molar-refractivity contribution in [2.24, 2.45) is 0 Å². The van der Waals surface area contributed by atoms with E-state index < -0.39 is 0 Å². The number of hydrogen-bond donors (Lipinski definition) is 1. The van der Waals surface area contributed by atoms with E-state index in [1.807, 2.05) is 24.3 Å². The number of hydroxylamine groups is 1. The van der Waals surface area contributed by atoms with E-state index in [1.165, 1.54) is 18.1 Å². The molecule has 0 radical (unpaired) electrons. The lowest BCUT2D eigenvalue weighted by atomic mass is 10.0. The van der Waals surface area contributed by atoms with Gasteiger partial charge >= 0.3 is 0 Å². The van der Waals surface area contributed by atoms with Crippen LogP contribution < -0.4 is 15.0 Å². The molecule has 1 amide bonds. The molecule has 0 unspecified atom stereocenters. The quantitative estimate of drug-likeness (QED) is 0.756. The third kappa shape index (κ3) is 5.28. The number of carbonyl (C=O) groups is 1. The molecule has 5 heteroatoms. The van der Waals surface area contributed by atoms with Crippen molar-refractivity contribution in [1.29, 1.82) is 0 Å². The van der Waals surface area contributed by atoms with Gasteiger partial charge in [0.05, 0.1) is 20.8 Å². The molecule has 0 fully saturated rings. The molecule has 0 aromatic heterocycles. The molecule has 2 aromatic rings. The summed E-state index contributed by atoms with van der Waals surface area (Å²) in [5.74, 6) is 1.28. The van der Waals surface area contributed by atoms with Crippen molar-refractivity contribution in [3.63, 3.8) is 0 Å². The summed E-state index contributed by atoms with van der Waals surface area (Å²) in [5.41, 5.74) is 5.77. The van der Waals surface area contributed by atoms with Crippen molar-refractivity contribution in [3.05, 3.63) is 59.2 Å². The van der Waals surface area contributed by atoms with Gasteiger partial charge in [0, 0.05) is 6.92 Å². The number of amides is 1. The summed E-state index contributed by atoms with van der Waals surface area (Å²) in [5, 5.41) is 0. The van der Waals surface area contributed by atoms with Crippen LogP contribution in [0.3, 0.4) is 0 Å². The highest BCUT2D eigenvalue weighted by atomic mass is 16.6. The largest absolute Gasteiger partial charge is 0.493 e. The third-order valence-electron chi connectivity index (χ3n) is 3.63. The normalized spacial score (nSPS) is 10.3. The van der Waals surface area contributed by atoms with Gasteiger partial charge in [-0.25, -0.2) is 5.48 Å². The minimum Gasteiger partial charge on any atom is -0.493 e. The number of nitrogens with one attached hydrogen (secondary N) is 1. The number of hydrogen-bond acceptors (Lipinski definition) is 4. The van der Waals surface area contributed by atoms with Gasteiger partial charge in [0.2, 0.25) is 5.91 Å². The fourth-order valence-corrected chi connectivity index (χ4v) is 2.35. The topological polar surface area (TPSA) is 56.8 Å². The summed E-state index contributed by atoms with van der Waals surface area (Å²) in [7, 11) is 3.28. The number of aryl methyl sites for hydroxylation is 2. The Kier molecular flexibility index (Phi) is 6.63. The smallest absolute Gasteiger partial charge is 0.240 e. The Balaban J connectivity index is 1.89. The number of rotatable bonds is 8. The molecule has 0 heterocycles. The fourth-order valence-electron chi connectivity index (χ4n) is 2.35. The highest BCUT2D eigenvalue weighted by Crippen LogP contribution is 2.28. The summed E-state index contributed by atoms with van der Waals surface area (Å²) < 4.78 is 10.6. The molecule has 128 valence electrons. The van der Waals surface area contributed by atoms with E-state index in [9.17, 15) is 4.79 Å². The maximum Gasteiger partial charge on any atom is 0.240 e.